The van der Waals surface area contributed by atoms with Gasteiger partial charge >= 0.3 is 6.18 Å². The van der Waals surface area contributed by atoms with Gasteiger partial charge in [0.1, 0.15) is 11.3 Å². The summed E-state index contributed by atoms with van der Waals surface area (Å²) in [6.45, 7) is 0. The maximum Gasteiger partial charge on any atom is 0.416 e. The van der Waals surface area contributed by atoms with Crippen LogP contribution < -0.4 is 4.74 Å². The second-order valence-corrected chi connectivity index (χ2v) is 6.01. The molecular formula is C21H14F3NO2. The van der Waals surface area contributed by atoms with Crippen LogP contribution in [0.5, 0.6) is 5.75 Å². The van der Waals surface area contributed by atoms with Gasteiger partial charge in [0.15, 0.2) is 5.58 Å². The second kappa shape index (κ2) is 6.46. The highest BCUT2D eigenvalue weighted by molar-refractivity contribution is 5.82. The van der Waals surface area contributed by atoms with Crippen molar-refractivity contribution in [3.63, 3.8) is 0 Å². The minimum absolute atomic E-state index is 0.470. The van der Waals surface area contributed by atoms with Crippen molar-refractivity contribution >= 4 is 11.1 Å². The van der Waals surface area contributed by atoms with Gasteiger partial charge in [0.2, 0.25) is 5.89 Å². The Hall–Kier alpha value is -3.28. The van der Waals surface area contributed by atoms with Crippen molar-refractivity contribution in [1.82, 2.24) is 4.98 Å². The molecule has 0 unspecified atom stereocenters. The van der Waals surface area contributed by atoms with Gasteiger partial charge in [-0.3, -0.25) is 0 Å². The predicted octanol–water partition coefficient (Wildman–Crippen LogP) is 6.19. The Kier molecular flexibility index (Phi) is 4.11. The maximum absolute atomic E-state index is 12.7. The molecule has 4 aromatic rings. The lowest BCUT2D eigenvalue weighted by Crippen LogP contribution is -2.03. The van der Waals surface area contributed by atoms with Crippen molar-refractivity contribution in [2.45, 2.75) is 6.18 Å². The van der Waals surface area contributed by atoms with Crippen LogP contribution >= 0.6 is 0 Å². The van der Waals surface area contributed by atoms with E-state index in [1.54, 1.807) is 19.2 Å². The molecule has 3 aromatic carbocycles. The second-order valence-electron chi connectivity index (χ2n) is 6.01. The SMILES string of the molecule is COc1ccc(-c2nc3ccc(-c4ccc(C(F)(F)F)cc4)cc3o2)cc1. The van der Waals surface area contributed by atoms with E-state index in [1.807, 2.05) is 30.3 Å². The Morgan fingerprint density at radius 1 is 0.815 bits per heavy atom. The van der Waals surface area contributed by atoms with Crippen LogP contribution in [0.4, 0.5) is 13.2 Å². The Labute approximate surface area is 153 Å². The van der Waals surface area contributed by atoms with Crippen molar-refractivity contribution in [3.8, 4) is 28.3 Å². The predicted molar refractivity (Wildman–Crippen MR) is 96.4 cm³/mol. The normalized spacial score (nSPS) is 11.7. The highest BCUT2D eigenvalue weighted by atomic mass is 19.4. The summed E-state index contributed by atoms with van der Waals surface area (Å²) in [5, 5.41) is 0. The van der Waals surface area contributed by atoms with Gasteiger partial charge in [-0.05, 0) is 59.7 Å². The molecule has 6 heteroatoms. The van der Waals surface area contributed by atoms with Crippen LogP contribution in [-0.4, -0.2) is 12.1 Å². The number of ether oxygens (including phenoxy) is 1. The number of aromatic nitrogens is 1. The number of fused-ring (bicyclic) bond motifs is 1. The van der Waals surface area contributed by atoms with Crippen LogP contribution in [0.15, 0.2) is 71.1 Å². The average molecular weight is 369 g/mol. The van der Waals surface area contributed by atoms with E-state index in [0.717, 1.165) is 29.0 Å². The van der Waals surface area contributed by atoms with Gasteiger partial charge in [-0.1, -0.05) is 18.2 Å². The zero-order chi connectivity index (χ0) is 19.0. The molecule has 27 heavy (non-hydrogen) atoms. The van der Waals surface area contributed by atoms with E-state index in [0.29, 0.717) is 22.6 Å². The van der Waals surface area contributed by atoms with E-state index in [-0.39, 0.29) is 0 Å². The molecule has 0 saturated heterocycles. The molecular weight excluding hydrogens is 355 g/mol. The quantitative estimate of drug-likeness (QED) is 0.432. The average Bonchev–Trinajstić information content (AvgIpc) is 3.11. The summed E-state index contributed by atoms with van der Waals surface area (Å²) in [5.41, 5.74) is 2.81. The summed E-state index contributed by atoms with van der Waals surface area (Å²) >= 11 is 0. The number of methoxy groups -OCH3 is 1. The molecule has 0 aliphatic carbocycles. The first kappa shape index (κ1) is 17.1. The maximum atomic E-state index is 12.7. The van der Waals surface area contributed by atoms with Crippen LogP contribution in [0.3, 0.4) is 0 Å². The highest BCUT2D eigenvalue weighted by Gasteiger charge is 2.29. The van der Waals surface area contributed by atoms with Gasteiger partial charge in [0.05, 0.1) is 12.7 Å². The Balaban J connectivity index is 1.68. The third kappa shape index (κ3) is 3.38. The molecule has 3 nitrogen and oxygen atoms in total. The number of hydrogen-bond donors (Lipinski definition) is 0. The summed E-state index contributed by atoms with van der Waals surface area (Å²) in [5.74, 6) is 1.21. The molecule has 0 radical (unpaired) electrons. The summed E-state index contributed by atoms with van der Waals surface area (Å²) in [4.78, 5) is 4.46. The third-order valence-electron chi connectivity index (χ3n) is 4.27. The smallest absolute Gasteiger partial charge is 0.416 e. The molecule has 0 aliphatic rings. The first-order valence-corrected chi connectivity index (χ1v) is 8.17. The van der Waals surface area contributed by atoms with E-state index in [2.05, 4.69) is 4.98 Å². The molecule has 0 atom stereocenters. The molecule has 0 saturated carbocycles. The molecule has 0 fully saturated rings. The Bertz CT molecular complexity index is 1080. The van der Waals surface area contributed by atoms with E-state index < -0.39 is 11.7 Å². The fourth-order valence-electron chi connectivity index (χ4n) is 2.81. The fourth-order valence-corrected chi connectivity index (χ4v) is 2.81. The molecule has 1 aromatic heterocycles. The summed E-state index contributed by atoms with van der Waals surface area (Å²) in [6, 6.07) is 17.7. The molecule has 1 heterocycles. The Morgan fingerprint density at radius 2 is 1.44 bits per heavy atom. The van der Waals surface area contributed by atoms with Crippen molar-refractivity contribution in [2.75, 3.05) is 7.11 Å². The number of rotatable bonds is 3. The van der Waals surface area contributed by atoms with Crippen LogP contribution in [0.25, 0.3) is 33.7 Å². The molecule has 136 valence electrons. The zero-order valence-electron chi connectivity index (χ0n) is 14.2. The van der Waals surface area contributed by atoms with Crippen LogP contribution in [-0.2, 0) is 6.18 Å². The number of benzene rings is 3. The first-order valence-electron chi connectivity index (χ1n) is 8.17. The van der Waals surface area contributed by atoms with E-state index in [4.69, 9.17) is 9.15 Å². The fraction of sp³-hybridized carbons (Fsp3) is 0.0952. The summed E-state index contributed by atoms with van der Waals surface area (Å²) in [6.07, 6.45) is -4.35. The van der Waals surface area contributed by atoms with E-state index in [1.165, 1.54) is 12.1 Å². The molecule has 0 N–H and O–H groups in total. The third-order valence-corrected chi connectivity index (χ3v) is 4.27. The lowest BCUT2D eigenvalue weighted by atomic mass is 10.0. The standard InChI is InChI=1S/C21H14F3NO2/c1-26-17-9-4-14(5-10-17)20-25-18-11-6-15(12-19(18)27-20)13-2-7-16(8-3-13)21(22,23)24/h2-12H,1H3. The van der Waals surface area contributed by atoms with Gasteiger partial charge in [-0.2, -0.15) is 13.2 Å². The molecule has 0 aliphatic heterocycles. The van der Waals surface area contributed by atoms with Gasteiger partial charge < -0.3 is 9.15 Å². The minimum Gasteiger partial charge on any atom is -0.497 e. The molecule has 0 amide bonds. The number of halogens is 3. The Morgan fingerprint density at radius 3 is 2.07 bits per heavy atom. The summed E-state index contributed by atoms with van der Waals surface area (Å²) < 4.78 is 49.1. The topological polar surface area (TPSA) is 35.3 Å². The lowest BCUT2D eigenvalue weighted by molar-refractivity contribution is -0.137. The van der Waals surface area contributed by atoms with Crippen LogP contribution in [0, 0.1) is 0 Å². The van der Waals surface area contributed by atoms with Gasteiger partial charge in [0, 0.05) is 5.56 Å². The van der Waals surface area contributed by atoms with Crippen LogP contribution in [0.1, 0.15) is 5.56 Å². The molecule has 4 rings (SSSR count). The molecule has 0 spiro atoms. The van der Waals surface area contributed by atoms with Crippen molar-refractivity contribution in [3.05, 3.63) is 72.3 Å². The van der Waals surface area contributed by atoms with Crippen molar-refractivity contribution in [2.24, 2.45) is 0 Å². The zero-order valence-corrected chi connectivity index (χ0v) is 14.2. The van der Waals surface area contributed by atoms with E-state index in [9.17, 15) is 13.2 Å². The van der Waals surface area contributed by atoms with Crippen molar-refractivity contribution < 1.29 is 22.3 Å². The number of alkyl halides is 3. The molecule has 0 bridgehead atoms. The lowest BCUT2D eigenvalue weighted by Gasteiger charge is -2.07. The van der Waals surface area contributed by atoms with Gasteiger partial charge in [-0.15, -0.1) is 0 Å². The monoisotopic (exact) mass is 369 g/mol. The number of nitrogens with zero attached hydrogens (tertiary/aromatic N) is 1. The number of hydrogen-bond acceptors (Lipinski definition) is 3. The van der Waals surface area contributed by atoms with Crippen LogP contribution in [0.2, 0.25) is 0 Å². The highest BCUT2D eigenvalue weighted by Crippen LogP contribution is 2.32. The van der Waals surface area contributed by atoms with Gasteiger partial charge in [-0.25, -0.2) is 4.98 Å². The van der Waals surface area contributed by atoms with Gasteiger partial charge in [0.25, 0.3) is 0 Å². The minimum atomic E-state index is -4.35. The van der Waals surface area contributed by atoms with Crippen molar-refractivity contribution in [1.29, 1.82) is 0 Å². The van der Waals surface area contributed by atoms with E-state index >= 15 is 0 Å². The first-order chi connectivity index (χ1) is 12.9. The largest absolute Gasteiger partial charge is 0.497 e. The summed E-state index contributed by atoms with van der Waals surface area (Å²) in [7, 11) is 1.59. The number of oxazole rings is 1.